The van der Waals surface area contributed by atoms with Crippen LogP contribution < -0.4 is 9.62 Å². The average molecular weight is 1290 g/mol. The zero-order valence-electron chi connectivity index (χ0n) is 46.4. The number of halogens is 11. The predicted molar refractivity (Wildman–Crippen MR) is 283 cm³/mol. The van der Waals surface area contributed by atoms with E-state index in [1.54, 1.807) is 0 Å². The number of ether oxygens (including phenoxy) is 2. The summed E-state index contributed by atoms with van der Waals surface area (Å²) in [5.74, 6) is -8.03. The van der Waals surface area contributed by atoms with E-state index in [0.717, 1.165) is 42.7 Å². The van der Waals surface area contributed by atoms with E-state index >= 15 is 8.78 Å². The summed E-state index contributed by atoms with van der Waals surface area (Å²) in [4.78, 5) is 45.5. The number of carbonyl (C=O) groups excluding carboxylic acids is 3. The molecule has 2 amide bonds. The van der Waals surface area contributed by atoms with Crippen LogP contribution in [0.25, 0.3) is 22.0 Å². The van der Waals surface area contributed by atoms with Gasteiger partial charge in [-0.15, -0.1) is 0 Å². The third-order valence-corrected chi connectivity index (χ3v) is 17.7. The standard InChI is InChI=1S/C51H53ClF10N7O13PS2/c1-46(2,3)81-83(73,82-47(4,5)6)80-25-79-37(71)23-78-45(72)69(85(10,76)77)44-39-34(52)14-13-31(41(39)68(66-44)24-49(55,56)57)30-12-11-29(15-16-48(7,8)84(9,74)75)63-40(30)35(19-26-17-27(53)20-28(54)18-26)64-36(70)22-67-43-38(42(65-67)51(60,61)62)32-21-33(32)50(43,58)59/h11-14,17-18,20,32-33,35H,19,21-25H2,1-10H3,(H,64,70)/t32-,33?,35-/m0/s1. The van der Waals surface area contributed by atoms with E-state index in [1.165, 1.54) is 55.4 Å². The van der Waals surface area contributed by atoms with Crippen molar-refractivity contribution < 1.29 is 103 Å². The van der Waals surface area contributed by atoms with Gasteiger partial charge in [-0.25, -0.2) is 49.3 Å². The van der Waals surface area contributed by atoms with E-state index in [1.807, 2.05) is 0 Å². The number of aromatic nitrogens is 5. The molecule has 0 spiro atoms. The maximum Gasteiger partial charge on any atom is 0.478 e. The maximum absolute atomic E-state index is 15.7. The first-order valence-electron chi connectivity index (χ1n) is 25.0. The molecule has 2 aliphatic rings. The third-order valence-electron chi connectivity index (χ3n) is 12.5. The molecule has 1 saturated carbocycles. The fourth-order valence-corrected chi connectivity index (χ4v) is 11.8. The van der Waals surface area contributed by atoms with E-state index in [9.17, 15) is 70.9 Å². The van der Waals surface area contributed by atoms with Crippen molar-refractivity contribution in [1.82, 2.24) is 29.9 Å². The van der Waals surface area contributed by atoms with Crippen LogP contribution in [0.4, 0.5) is 54.5 Å². The molecule has 0 radical (unpaired) electrons. The molecule has 0 aliphatic heterocycles. The molecule has 20 nitrogen and oxygen atoms in total. The number of carbonyl (C=O) groups is 3. The second kappa shape index (κ2) is 23.1. The lowest BCUT2D eigenvalue weighted by atomic mass is 9.93. The molecule has 0 saturated heterocycles. The quantitative estimate of drug-likeness (QED) is 0.0282. The minimum absolute atomic E-state index is 0.142. The second-order valence-corrected chi connectivity index (χ2v) is 28.5. The summed E-state index contributed by atoms with van der Waals surface area (Å²) in [7, 11) is -13.6. The monoisotopic (exact) mass is 1290 g/mol. The van der Waals surface area contributed by atoms with E-state index in [4.69, 9.17) is 34.6 Å². The predicted octanol–water partition coefficient (Wildman–Crippen LogP) is 10.4. The number of pyridine rings is 1. The van der Waals surface area contributed by atoms with Gasteiger partial charge in [0.15, 0.2) is 28.0 Å². The van der Waals surface area contributed by atoms with Crippen LogP contribution in [-0.2, 0) is 88.7 Å². The second-order valence-electron chi connectivity index (χ2n) is 22.2. The highest BCUT2D eigenvalue weighted by atomic mass is 35.5. The molecule has 1 fully saturated rings. The van der Waals surface area contributed by atoms with Crippen LogP contribution in [0.15, 0.2) is 42.5 Å². The maximum atomic E-state index is 15.7. The first-order valence-corrected chi connectivity index (χ1v) is 30.6. The van der Waals surface area contributed by atoms with Gasteiger partial charge in [-0.05, 0) is 116 Å². The van der Waals surface area contributed by atoms with Crippen LogP contribution in [0.5, 0.6) is 0 Å². The average Bonchev–Trinajstić information content (AvgIpc) is 1.56. The number of phosphoric ester groups is 1. The third kappa shape index (κ3) is 15.4. The Morgan fingerprint density at radius 1 is 0.871 bits per heavy atom. The van der Waals surface area contributed by atoms with Gasteiger partial charge in [-0.3, -0.25) is 23.2 Å². The van der Waals surface area contributed by atoms with Gasteiger partial charge < -0.3 is 14.8 Å². The number of fused-ring (bicyclic) bond motifs is 4. The van der Waals surface area contributed by atoms with Gasteiger partial charge in [-0.2, -0.15) is 49.6 Å². The summed E-state index contributed by atoms with van der Waals surface area (Å²) in [6.45, 7) is 5.39. The molecule has 5 aromatic rings. The van der Waals surface area contributed by atoms with Gasteiger partial charge >= 0.3 is 32.2 Å². The molecule has 0 bridgehead atoms. The van der Waals surface area contributed by atoms with Gasteiger partial charge in [-0.1, -0.05) is 23.6 Å². The van der Waals surface area contributed by atoms with Crippen LogP contribution in [0.2, 0.25) is 5.02 Å². The SMILES string of the molecule is CC(C)(C)OP(=O)(OCOC(=O)COC(=O)N(c1nn(CC(F)(F)F)c2c(-c3ccc(C#CC(C)(C)S(C)(=O)=O)nc3[C@H](Cc3cc(F)cc(F)c3)NC(=O)Cn3nc(C(F)(F)F)c4c3C(F)(F)C3C[C@H]43)ccc(Cl)c12)S(C)(=O)=O)OC(C)(C)C. The fraction of sp³-hybridized carbons (Fsp3) is 0.490. The van der Waals surface area contributed by atoms with E-state index in [-0.39, 0.29) is 31.3 Å². The number of nitrogens with one attached hydrogen (secondary N) is 1. The summed E-state index contributed by atoms with van der Waals surface area (Å²) in [6.07, 6.45) is -12.4. The molecule has 85 heavy (non-hydrogen) atoms. The Bertz CT molecular complexity index is 3810. The Labute approximate surface area is 484 Å². The minimum atomic E-state index is -5.26. The number of hydrogen-bond acceptors (Lipinski definition) is 16. The number of benzene rings is 2. The fourth-order valence-electron chi connectivity index (χ4n) is 8.90. The molecule has 1 N–H and O–H groups in total. The molecule has 3 heterocycles. The highest BCUT2D eigenvalue weighted by Gasteiger charge is 2.68. The van der Waals surface area contributed by atoms with Crippen molar-refractivity contribution in [1.29, 1.82) is 0 Å². The Balaban J connectivity index is 1.37. The summed E-state index contributed by atoms with van der Waals surface area (Å²) < 4.78 is 238. The molecular weight excluding hydrogens is 1240 g/mol. The number of rotatable bonds is 18. The lowest BCUT2D eigenvalue weighted by Crippen LogP contribution is -2.38. The smallest absolute Gasteiger partial charge is 0.436 e. The molecule has 1 unspecified atom stereocenters. The van der Waals surface area contributed by atoms with Crippen molar-refractivity contribution in [3.05, 3.63) is 93.0 Å². The van der Waals surface area contributed by atoms with E-state index < -0.39 is 198 Å². The number of anilines is 1. The van der Waals surface area contributed by atoms with Crippen LogP contribution >= 0.6 is 19.4 Å². The van der Waals surface area contributed by atoms with Crippen molar-refractivity contribution in [2.45, 2.75) is 128 Å². The zero-order chi connectivity index (χ0) is 63.7. The molecular formula is C51H53ClF10N7O13PS2. The van der Waals surface area contributed by atoms with Gasteiger partial charge in [0.2, 0.25) is 22.7 Å². The van der Waals surface area contributed by atoms with Crippen molar-refractivity contribution in [3.63, 3.8) is 0 Å². The van der Waals surface area contributed by atoms with Crippen LogP contribution in [0.3, 0.4) is 0 Å². The first kappa shape index (κ1) is 66.2. The van der Waals surface area contributed by atoms with Crippen molar-refractivity contribution >= 4 is 74.0 Å². The van der Waals surface area contributed by atoms with Gasteiger partial charge in [0.1, 0.15) is 40.9 Å². The number of sulfonamides is 1. The Kier molecular flexibility index (Phi) is 17.9. The highest BCUT2D eigenvalue weighted by molar-refractivity contribution is 7.93. The highest BCUT2D eigenvalue weighted by Crippen LogP contribution is 2.68. The topological polar surface area (TPSA) is 247 Å². The van der Waals surface area contributed by atoms with Crippen LogP contribution in [-0.4, -0.2) is 107 Å². The molecule has 3 atom stereocenters. The van der Waals surface area contributed by atoms with Crippen molar-refractivity contribution in [3.8, 4) is 23.0 Å². The first-order chi connectivity index (χ1) is 38.7. The number of esters is 1. The normalized spacial score (nSPS) is 16.7. The Morgan fingerprint density at radius 3 is 2.02 bits per heavy atom. The molecule has 2 aliphatic carbocycles. The van der Waals surface area contributed by atoms with Crippen LogP contribution in [0, 0.1) is 29.4 Å². The van der Waals surface area contributed by atoms with Crippen LogP contribution in [0.1, 0.15) is 108 Å². The van der Waals surface area contributed by atoms with E-state index in [0.29, 0.717) is 12.3 Å². The molecule has 3 aromatic heterocycles. The van der Waals surface area contributed by atoms with Gasteiger partial charge in [0, 0.05) is 34.9 Å². The Morgan fingerprint density at radius 2 is 1.47 bits per heavy atom. The minimum Gasteiger partial charge on any atom is -0.436 e. The van der Waals surface area contributed by atoms with Crippen molar-refractivity contribution in [2.24, 2.45) is 5.92 Å². The number of alkyl halides is 8. The lowest BCUT2D eigenvalue weighted by Gasteiger charge is -2.30. The zero-order valence-corrected chi connectivity index (χ0v) is 49.7. The summed E-state index contributed by atoms with van der Waals surface area (Å²) in [5.41, 5.74) is -8.80. The summed E-state index contributed by atoms with van der Waals surface area (Å²) >= 11 is 6.66. The van der Waals surface area contributed by atoms with E-state index in [2.05, 4.69) is 32.3 Å². The molecule has 7 rings (SSSR count). The number of sulfone groups is 1. The summed E-state index contributed by atoms with van der Waals surface area (Å²) in [5, 5.41) is 8.24. The largest absolute Gasteiger partial charge is 0.478 e. The molecule has 2 aromatic carbocycles. The lowest BCUT2D eigenvalue weighted by molar-refractivity contribution is -0.155. The number of hydrogen-bond donors (Lipinski definition) is 1. The number of phosphoric acid groups is 1. The van der Waals surface area contributed by atoms with Gasteiger partial charge in [0.25, 0.3) is 5.92 Å². The van der Waals surface area contributed by atoms with Crippen molar-refractivity contribution in [2.75, 3.05) is 30.2 Å². The number of nitrogens with zero attached hydrogens (tertiary/aromatic N) is 6. The Hall–Kier alpha value is -6.36. The molecule has 464 valence electrons. The summed E-state index contributed by atoms with van der Waals surface area (Å²) in [6, 6.07) is 4.29. The number of amides is 2. The molecule has 34 heteroatoms. The van der Waals surface area contributed by atoms with Gasteiger partial charge in [0.05, 0.1) is 45.1 Å².